The number of nitrogens with one attached hydrogen (secondary N) is 1. The summed E-state index contributed by atoms with van der Waals surface area (Å²) in [5, 5.41) is 7.92. The molecule has 1 unspecified atom stereocenters. The van der Waals surface area contributed by atoms with Gasteiger partial charge in [-0.3, -0.25) is 9.59 Å². The molecule has 1 saturated heterocycles. The molecule has 1 aliphatic heterocycles. The van der Waals surface area contributed by atoms with Crippen LogP contribution in [0.15, 0.2) is 65.5 Å². The van der Waals surface area contributed by atoms with Gasteiger partial charge in [-0.25, -0.2) is 4.39 Å². The Morgan fingerprint density at radius 2 is 1.93 bits per heavy atom. The molecule has 1 aromatic heterocycles. The van der Waals surface area contributed by atoms with Crippen molar-refractivity contribution >= 4 is 29.0 Å². The summed E-state index contributed by atoms with van der Waals surface area (Å²) in [7, 11) is 0. The fraction of sp³-hybridized carbons (Fsp3) is 0.227. The highest BCUT2D eigenvalue weighted by atomic mass is 35.5. The second kappa shape index (κ2) is 8.67. The lowest BCUT2D eigenvalue weighted by atomic mass is 9.97. The van der Waals surface area contributed by atoms with Crippen molar-refractivity contribution in [2.75, 3.05) is 23.3 Å². The number of nitrogens with zero attached hydrogens (tertiary/aromatic N) is 3. The minimum atomic E-state index is -0.382. The zero-order chi connectivity index (χ0) is 21.1. The molecule has 4 rings (SSSR count). The topological polar surface area (TPSA) is 67.2 Å². The molecule has 8 heteroatoms. The number of amides is 1. The van der Waals surface area contributed by atoms with Crippen LogP contribution in [-0.4, -0.2) is 28.8 Å². The number of hydrogen-bond donors (Lipinski definition) is 1. The predicted octanol–water partition coefficient (Wildman–Crippen LogP) is 3.88. The van der Waals surface area contributed by atoms with Crippen LogP contribution in [0, 0.1) is 11.7 Å². The van der Waals surface area contributed by atoms with Gasteiger partial charge in [0, 0.05) is 29.9 Å². The first-order chi connectivity index (χ1) is 14.5. The monoisotopic (exact) mass is 426 g/mol. The molecule has 30 heavy (non-hydrogen) atoms. The van der Waals surface area contributed by atoms with E-state index in [1.165, 1.54) is 35.0 Å². The molecule has 0 spiro atoms. The van der Waals surface area contributed by atoms with E-state index in [4.69, 9.17) is 11.6 Å². The van der Waals surface area contributed by atoms with Gasteiger partial charge in [0.05, 0.1) is 11.6 Å². The van der Waals surface area contributed by atoms with Crippen molar-refractivity contribution in [1.29, 1.82) is 0 Å². The third kappa shape index (κ3) is 4.52. The Morgan fingerprint density at radius 1 is 1.13 bits per heavy atom. The fourth-order valence-electron chi connectivity index (χ4n) is 3.55. The number of halogens is 2. The predicted molar refractivity (Wildman–Crippen MR) is 115 cm³/mol. The van der Waals surface area contributed by atoms with E-state index in [0.717, 1.165) is 19.4 Å². The Bertz CT molecular complexity index is 1120. The molecule has 154 valence electrons. The van der Waals surface area contributed by atoms with Crippen LogP contribution in [0.25, 0.3) is 5.69 Å². The highest BCUT2D eigenvalue weighted by Gasteiger charge is 2.27. The minimum Gasteiger partial charge on any atom is -0.354 e. The number of anilines is 2. The van der Waals surface area contributed by atoms with Gasteiger partial charge in [0.2, 0.25) is 5.91 Å². The van der Waals surface area contributed by atoms with E-state index in [1.54, 1.807) is 30.3 Å². The highest BCUT2D eigenvalue weighted by molar-refractivity contribution is 6.30. The summed E-state index contributed by atoms with van der Waals surface area (Å²) in [5.41, 5.74) is 0.834. The van der Waals surface area contributed by atoms with Crippen LogP contribution in [-0.2, 0) is 4.79 Å². The van der Waals surface area contributed by atoms with Crippen LogP contribution >= 0.6 is 11.6 Å². The first-order valence-electron chi connectivity index (χ1n) is 9.67. The van der Waals surface area contributed by atoms with E-state index in [9.17, 15) is 14.0 Å². The largest absolute Gasteiger partial charge is 0.354 e. The summed E-state index contributed by atoms with van der Waals surface area (Å²) in [6.07, 6.45) is 1.59. The van der Waals surface area contributed by atoms with Gasteiger partial charge in [-0.15, -0.1) is 5.10 Å². The lowest BCUT2D eigenvalue weighted by molar-refractivity contribution is -0.120. The van der Waals surface area contributed by atoms with E-state index in [2.05, 4.69) is 10.4 Å². The molecule has 1 atom stereocenters. The Hall–Kier alpha value is -3.19. The third-order valence-electron chi connectivity index (χ3n) is 5.07. The van der Waals surface area contributed by atoms with E-state index < -0.39 is 0 Å². The van der Waals surface area contributed by atoms with Gasteiger partial charge < -0.3 is 10.2 Å². The number of aromatic nitrogens is 2. The van der Waals surface area contributed by atoms with Crippen molar-refractivity contribution in [3.8, 4) is 5.69 Å². The van der Waals surface area contributed by atoms with E-state index in [1.807, 2.05) is 4.90 Å². The van der Waals surface area contributed by atoms with Crippen LogP contribution in [0.3, 0.4) is 0 Å². The molecular weight excluding hydrogens is 407 g/mol. The first-order valence-corrected chi connectivity index (χ1v) is 10.0. The number of carbonyl (C=O) groups excluding carboxylic acids is 1. The zero-order valence-corrected chi connectivity index (χ0v) is 16.8. The molecule has 0 radical (unpaired) electrons. The van der Waals surface area contributed by atoms with Crippen LogP contribution in [0.2, 0.25) is 5.02 Å². The summed E-state index contributed by atoms with van der Waals surface area (Å²) < 4.78 is 14.4. The molecule has 0 bridgehead atoms. The molecule has 2 aromatic carbocycles. The lowest BCUT2D eigenvalue weighted by Gasteiger charge is -2.32. The number of hydrogen-bond acceptors (Lipinski definition) is 4. The van der Waals surface area contributed by atoms with Crippen molar-refractivity contribution in [3.63, 3.8) is 0 Å². The van der Waals surface area contributed by atoms with Crippen LogP contribution in [0.1, 0.15) is 12.8 Å². The SMILES string of the molecule is O=C(Nc1cccc(Cl)c1)C1CCCN(c2ccc(=O)n(-c3ccc(F)cc3)n2)C1. The van der Waals surface area contributed by atoms with Gasteiger partial charge in [-0.05, 0) is 61.4 Å². The molecule has 1 fully saturated rings. The number of piperidine rings is 1. The first kappa shape index (κ1) is 20.1. The van der Waals surface area contributed by atoms with Gasteiger partial charge in [0.15, 0.2) is 0 Å². The Morgan fingerprint density at radius 3 is 2.70 bits per heavy atom. The zero-order valence-electron chi connectivity index (χ0n) is 16.1. The van der Waals surface area contributed by atoms with Gasteiger partial charge in [0.1, 0.15) is 11.6 Å². The van der Waals surface area contributed by atoms with Crippen molar-refractivity contribution < 1.29 is 9.18 Å². The van der Waals surface area contributed by atoms with Crippen molar-refractivity contribution in [1.82, 2.24) is 9.78 Å². The maximum absolute atomic E-state index is 13.2. The average Bonchev–Trinajstić information content (AvgIpc) is 2.75. The molecule has 1 N–H and O–H groups in total. The highest BCUT2D eigenvalue weighted by Crippen LogP contribution is 2.23. The Labute approximate surface area is 177 Å². The number of benzene rings is 2. The molecule has 1 amide bonds. The maximum atomic E-state index is 13.2. The smallest absolute Gasteiger partial charge is 0.271 e. The normalized spacial score (nSPS) is 16.3. The summed E-state index contributed by atoms with van der Waals surface area (Å²) in [5.74, 6) is -0.0775. The maximum Gasteiger partial charge on any atom is 0.271 e. The molecule has 1 aliphatic rings. The minimum absolute atomic E-state index is 0.0752. The molecule has 0 saturated carbocycles. The summed E-state index contributed by atoms with van der Waals surface area (Å²) in [4.78, 5) is 27.0. The van der Waals surface area contributed by atoms with E-state index in [0.29, 0.717) is 28.8 Å². The molecule has 6 nitrogen and oxygen atoms in total. The molecule has 3 aromatic rings. The van der Waals surface area contributed by atoms with Crippen LogP contribution in [0.4, 0.5) is 15.9 Å². The van der Waals surface area contributed by atoms with Crippen LogP contribution < -0.4 is 15.8 Å². The van der Waals surface area contributed by atoms with Crippen molar-refractivity contribution in [2.45, 2.75) is 12.8 Å². The van der Waals surface area contributed by atoms with Gasteiger partial charge in [-0.2, -0.15) is 4.68 Å². The summed E-state index contributed by atoms with van der Waals surface area (Å²) >= 11 is 5.99. The van der Waals surface area contributed by atoms with E-state index in [-0.39, 0.29) is 23.2 Å². The van der Waals surface area contributed by atoms with Crippen molar-refractivity contribution in [3.05, 3.63) is 81.9 Å². The fourth-order valence-corrected chi connectivity index (χ4v) is 3.74. The van der Waals surface area contributed by atoms with Gasteiger partial charge >= 0.3 is 0 Å². The molecular formula is C22H20ClFN4O2. The molecule has 0 aliphatic carbocycles. The molecule has 2 heterocycles. The standard InChI is InChI=1S/C22H20ClFN4O2/c23-16-4-1-5-18(13-16)25-22(30)15-3-2-12-27(14-15)20-10-11-21(29)28(26-20)19-8-6-17(24)7-9-19/h1,4-11,13,15H,2-3,12,14H2,(H,25,30). The van der Waals surface area contributed by atoms with Crippen LogP contribution in [0.5, 0.6) is 0 Å². The Balaban J connectivity index is 1.52. The summed E-state index contributed by atoms with van der Waals surface area (Å²) in [6, 6.07) is 15.7. The lowest BCUT2D eigenvalue weighted by Crippen LogP contribution is -2.41. The second-order valence-corrected chi connectivity index (χ2v) is 7.64. The quantitative estimate of drug-likeness (QED) is 0.687. The Kier molecular flexibility index (Phi) is 5.81. The van der Waals surface area contributed by atoms with Crippen molar-refractivity contribution in [2.24, 2.45) is 5.92 Å². The number of carbonyl (C=O) groups is 1. The van der Waals surface area contributed by atoms with Gasteiger partial charge in [0.25, 0.3) is 5.56 Å². The second-order valence-electron chi connectivity index (χ2n) is 7.20. The summed E-state index contributed by atoms with van der Waals surface area (Å²) in [6.45, 7) is 1.22. The average molecular weight is 427 g/mol. The van der Waals surface area contributed by atoms with E-state index >= 15 is 0 Å². The van der Waals surface area contributed by atoms with Gasteiger partial charge in [-0.1, -0.05) is 17.7 Å². The third-order valence-corrected chi connectivity index (χ3v) is 5.30. The number of rotatable bonds is 4.